The zero-order chi connectivity index (χ0) is 30.4. The Hall–Kier alpha value is -5.78. The molecule has 10 nitrogen and oxygen atoms in total. The molecular formula is C32H24F2N6O4. The Bertz CT molecular complexity index is 2100. The molecule has 12 heteroatoms. The monoisotopic (exact) mass is 594 g/mol. The van der Waals surface area contributed by atoms with Crippen LogP contribution in [0.5, 0.6) is 17.4 Å². The van der Waals surface area contributed by atoms with Crippen LogP contribution < -0.4 is 20.3 Å². The molecule has 1 aliphatic rings. The summed E-state index contributed by atoms with van der Waals surface area (Å²) in [6.45, 7) is 2.75. The molecule has 0 aliphatic carbocycles. The fourth-order valence-electron chi connectivity index (χ4n) is 5.50. The average Bonchev–Trinajstić information content (AvgIpc) is 3.78. The summed E-state index contributed by atoms with van der Waals surface area (Å²) in [5.41, 5.74) is 3.21. The molecule has 0 fully saturated rings. The molecule has 0 unspecified atom stereocenters. The number of ether oxygens (including phenoxy) is 2. The summed E-state index contributed by atoms with van der Waals surface area (Å²) in [5.74, 6) is -1.37. The van der Waals surface area contributed by atoms with Crippen LogP contribution in [0.2, 0.25) is 0 Å². The van der Waals surface area contributed by atoms with Gasteiger partial charge in [0.2, 0.25) is 5.88 Å². The minimum Gasteiger partial charge on any atom is -0.479 e. The van der Waals surface area contributed by atoms with Gasteiger partial charge in [-0.15, -0.1) is 0 Å². The predicted octanol–water partition coefficient (Wildman–Crippen LogP) is 5.85. The van der Waals surface area contributed by atoms with E-state index in [0.717, 1.165) is 46.6 Å². The molecule has 7 rings (SSSR count). The molecule has 3 aromatic carbocycles. The van der Waals surface area contributed by atoms with Gasteiger partial charge >= 0.3 is 0 Å². The highest BCUT2D eigenvalue weighted by Gasteiger charge is 2.25. The number of benzene rings is 3. The fraction of sp³-hybridized carbons (Fsp3) is 0.125. The summed E-state index contributed by atoms with van der Waals surface area (Å²) in [4.78, 5) is 26.6. The van der Waals surface area contributed by atoms with Crippen LogP contribution in [0.15, 0.2) is 84.0 Å². The molecule has 1 amide bonds. The van der Waals surface area contributed by atoms with Crippen LogP contribution in [0.4, 0.5) is 14.5 Å². The first-order valence-corrected chi connectivity index (χ1v) is 13.9. The molecule has 0 bridgehead atoms. The molecule has 4 heterocycles. The van der Waals surface area contributed by atoms with Gasteiger partial charge in [0.05, 0.1) is 30.2 Å². The first-order chi connectivity index (χ1) is 21.4. The normalized spacial score (nSPS) is 12.1. The van der Waals surface area contributed by atoms with Crippen molar-refractivity contribution >= 4 is 22.5 Å². The minimum atomic E-state index is -0.755. The lowest BCUT2D eigenvalue weighted by molar-refractivity contribution is 0.102. The van der Waals surface area contributed by atoms with E-state index in [-0.39, 0.29) is 29.5 Å². The molecular weight excluding hydrogens is 570 g/mol. The van der Waals surface area contributed by atoms with Gasteiger partial charge in [-0.05, 0) is 73.5 Å². The van der Waals surface area contributed by atoms with Crippen molar-refractivity contribution in [3.63, 3.8) is 0 Å². The quantitative estimate of drug-likeness (QED) is 0.228. The third-order valence-electron chi connectivity index (χ3n) is 7.43. The maximum Gasteiger partial charge on any atom is 0.270 e. The Kier molecular flexibility index (Phi) is 6.65. The highest BCUT2D eigenvalue weighted by Crippen LogP contribution is 2.43. The van der Waals surface area contributed by atoms with E-state index in [1.165, 1.54) is 53.1 Å². The van der Waals surface area contributed by atoms with E-state index >= 15 is 4.39 Å². The standard InChI is InChI=1S/C32H24F2N6O4/c1-2-43-28-10-8-24(32(42)40(28)22-6-3-20(33)4-7-22)31(41)38-21-5-9-26(25(34)14-21)44-27-13-18-17-37-39-12-11-23(30(18)39)29(27)19-15-35-36-16-19/h3-10,13-17H,2,11-12H2,1H3,(H,35,36)(H,38,41). The SMILES string of the molecule is CCOc1ccc(C(=O)Nc2ccc(Oc3cc4cnn5c4c(c3-c3cn[nH]c3)CC5)c(F)c2)c(=O)n1-c1ccc(F)cc1. The van der Waals surface area contributed by atoms with Gasteiger partial charge in [-0.25, -0.2) is 13.3 Å². The van der Waals surface area contributed by atoms with Crippen molar-refractivity contribution in [1.29, 1.82) is 0 Å². The summed E-state index contributed by atoms with van der Waals surface area (Å²) in [5, 5.41) is 14.8. The first-order valence-electron chi connectivity index (χ1n) is 13.9. The van der Waals surface area contributed by atoms with Crippen LogP contribution >= 0.6 is 0 Å². The van der Waals surface area contributed by atoms with E-state index in [9.17, 15) is 14.0 Å². The Morgan fingerprint density at radius 3 is 2.64 bits per heavy atom. The van der Waals surface area contributed by atoms with Gasteiger partial charge in [-0.2, -0.15) is 10.2 Å². The van der Waals surface area contributed by atoms with E-state index in [1.807, 2.05) is 10.7 Å². The van der Waals surface area contributed by atoms with Gasteiger partial charge in [0.25, 0.3) is 11.5 Å². The van der Waals surface area contributed by atoms with Gasteiger partial charge in [-0.3, -0.25) is 19.4 Å². The minimum absolute atomic E-state index is 0.0515. The number of hydrogen-bond acceptors (Lipinski definition) is 6. The van der Waals surface area contributed by atoms with Gasteiger partial charge in [0, 0.05) is 41.0 Å². The van der Waals surface area contributed by atoms with Crippen LogP contribution in [0.25, 0.3) is 27.7 Å². The summed E-state index contributed by atoms with van der Waals surface area (Å²) < 4.78 is 43.7. The van der Waals surface area contributed by atoms with Crippen molar-refractivity contribution in [2.75, 3.05) is 11.9 Å². The summed E-state index contributed by atoms with van der Waals surface area (Å²) in [6.07, 6.45) is 5.94. The Morgan fingerprint density at radius 1 is 1.05 bits per heavy atom. The zero-order valence-corrected chi connectivity index (χ0v) is 23.3. The van der Waals surface area contributed by atoms with Gasteiger partial charge < -0.3 is 14.8 Å². The van der Waals surface area contributed by atoms with Crippen molar-refractivity contribution in [1.82, 2.24) is 24.5 Å². The number of nitrogens with zero attached hydrogens (tertiary/aromatic N) is 4. The first kappa shape index (κ1) is 27.1. The highest BCUT2D eigenvalue weighted by molar-refractivity contribution is 6.04. The third-order valence-corrected chi connectivity index (χ3v) is 7.43. The second kappa shape index (κ2) is 10.8. The highest BCUT2D eigenvalue weighted by atomic mass is 19.1. The largest absolute Gasteiger partial charge is 0.479 e. The van der Waals surface area contributed by atoms with Crippen molar-refractivity contribution in [2.24, 2.45) is 0 Å². The molecule has 0 radical (unpaired) electrons. The number of nitrogens with one attached hydrogen (secondary N) is 2. The number of halogens is 2. The van der Waals surface area contributed by atoms with Crippen LogP contribution in [0, 0.1) is 11.6 Å². The van der Waals surface area contributed by atoms with Crippen LogP contribution in [-0.4, -0.2) is 37.1 Å². The Labute approximate surface area is 248 Å². The smallest absolute Gasteiger partial charge is 0.270 e. The van der Waals surface area contributed by atoms with Crippen molar-refractivity contribution in [2.45, 2.75) is 19.9 Å². The van der Waals surface area contributed by atoms with Crippen LogP contribution in [0.1, 0.15) is 22.8 Å². The van der Waals surface area contributed by atoms with E-state index in [4.69, 9.17) is 9.47 Å². The lowest BCUT2D eigenvalue weighted by Crippen LogP contribution is -2.29. The second-order valence-corrected chi connectivity index (χ2v) is 10.1. The number of hydrogen-bond donors (Lipinski definition) is 2. The van der Waals surface area contributed by atoms with Crippen molar-refractivity contribution in [3.8, 4) is 34.2 Å². The number of carbonyl (C=O) groups is 1. The number of aromatic amines is 1. The number of aromatic nitrogens is 5. The van der Waals surface area contributed by atoms with E-state index in [2.05, 4.69) is 20.6 Å². The maximum absolute atomic E-state index is 15.4. The molecule has 0 atom stereocenters. The number of carbonyl (C=O) groups excluding carboxylic acids is 1. The average molecular weight is 595 g/mol. The van der Waals surface area contributed by atoms with Crippen molar-refractivity contribution < 1.29 is 23.0 Å². The van der Waals surface area contributed by atoms with Crippen LogP contribution in [0.3, 0.4) is 0 Å². The predicted molar refractivity (Wildman–Crippen MR) is 159 cm³/mol. The number of pyridine rings is 1. The molecule has 0 spiro atoms. The number of aryl methyl sites for hydroxylation is 2. The van der Waals surface area contributed by atoms with Crippen molar-refractivity contribution in [3.05, 3.63) is 112 Å². The molecule has 0 saturated carbocycles. The molecule has 220 valence electrons. The molecule has 0 saturated heterocycles. The molecule has 2 N–H and O–H groups in total. The summed E-state index contributed by atoms with van der Waals surface area (Å²) >= 11 is 0. The maximum atomic E-state index is 15.4. The van der Waals surface area contributed by atoms with E-state index < -0.39 is 23.1 Å². The number of anilines is 1. The second-order valence-electron chi connectivity index (χ2n) is 10.1. The summed E-state index contributed by atoms with van der Waals surface area (Å²) in [6, 6.07) is 13.9. The van der Waals surface area contributed by atoms with E-state index in [1.54, 1.807) is 25.5 Å². The van der Waals surface area contributed by atoms with E-state index in [0.29, 0.717) is 11.4 Å². The van der Waals surface area contributed by atoms with Gasteiger partial charge in [0.15, 0.2) is 11.6 Å². The van der Waals surface area contributed by atoms with Gasteiger partial charge in [0.1, 0.15) is 17.1 Å². The Balaban J connectivity index is 1.18. The molecule has 1 aliphatic heterocycles. The third kappa shape index (κ3) is 4.66. The van der Waals surface area contributed by atoms with Gasteiger partial charge in [-0.1, -0.05) is 0 Å². The number of amides is 1. The summed E-state index contributed by atoms with van der Waals surface area (Å²) in [7, 11) is 0. The Morgan fingerprint density at radius 2 is 1.89 bits per heavy atom. The van der Waals surface area contributed by atoms with Crippen LogP contribution in [-0.2, 0) is 13.0 Å². The molecule has 3 aromatic heterocycles. The fourth-order valence-corrected chi connectivity index (χ4v) is 5.50. The zero-order valence-electron chi connectivity index (χ0n) is 23.3. The topological polar surface area (TPSA) is 116 Å². The molecule has 44 heavy (non-hydrogen) atoms. The molecule has 6 aromatic rings. The lowest BCUT2D eigenvalue weighted by Gasteiger charge is -2.15. The number of H-pyrrole nitrogens is 1. The number of rotatable bonds is 8. The lowest BCUT2D eigenvalue weighted by atomic mass is 9.98.